The van der Waals surface area contributed by atoms with Crippen molar-refractivity contribution in [3.8, 4) is 0 Å². The number of nitrogens with zero attached hydrogens (tertiary/aromatic N) is 3. The molecular weight excluding hydrogens is 657 g/mol. The maximum atomic E-state index is 10.6. The van der Waals surface area contributed by atoms with Crippen LogP contribution in [-0.4, -0.2) is 118 Å². The minimum atomic E-state index is -5.08. The van der Waals surface area contributed by atoms with Crippen molar-refractivity contribution in [3.05, 3.63) is 54.2 Å². The van der Waals surface area contributed by atoms with Gasteiger partial charge in [-0.05, 0) is 23.8 Å². The van der Waals surface area contributed by atoms with Crippen LogP contribution in [0.3, 0.4) is 0 Å². The van der Waals surface area contributed by atoms with Crippen molar-refractivity contribution in [1.82, 2.24) is 14.8 Å². The Bertz CT molecular complexity index is 1150. The van der Waals surface area contributed by atoms with Crippen LogP contribution >= 0.6 is 0 Å². The molecule has 2 aliphatic heterocycles. The van der Waals surface area contributed by atoms with Crippen LogP contribution in [0.4, 0.5) is 39.5 Å². The van der Waals surface area contributed by atoms with Crippen LogP contribution in [0.1, 0.15) is 11.1 Å². The molecular formula is C25H28F9N3O9. The van der Waals surface area contributed by atoms with Crippen molar-refractivity contribution in [3.63, 3.8) is 0 Å². The second-order valence-corrected chi connectivity index (χ2v) is 9.40. The second kappa shape index (κ2) is 17.7. The Hall–Kier alpha value is -3.95. The topological polar surface area (TPSA) is 163 Å². The standard InChI is InChI=1S/C19H25N3O3.3C2HF3O2/c1-4-20-5-2-17(1)11-21-6-9-24-16-19(14-21)15-22(7-10-25-19)12-18-3-8-23-13-18;3*3-2(4,5)1(6)7/h1-5,8,13H,6-7,9-12,14-16H2;3*(H,6,7). The molecule has 2 aromatic heterocycles. The zero-order chi connectivity index (χ0) is 35.2. The van der Waals surface area contributed by atoms with Crippen LogP contribution < -0.4 is 0 Å². The summed E-state index contributed by atoms with van der Waals surface area (Å²) in [6, 6.07) is 6.18. The fourth-order valence-electron chi connectivity index (χ4n) is 3.75. The first-order valence-electron chi connectivity index (χ1n) is 12.6. The zero-order valence-electron chi connectivity index (χ0n) is 23.4. The predicted octanol–water partition coefficient (Wildman–Crippen LogP) is 3.68. The highest BCUT2D eigenvalue weighted by molar-refractivity contribution is 5.73. The predicted molar refractivity (Wildman–Crippen MR) is 134 cm³/mol. The van der Waals surface area contributed by atoms with Gasteiger partial charge in [0.2, 0.25) is 0 Å². The van der Waals surface area contributed by atoms with Gasteiger partial charge in [-0.15, -0.1) is 0 Å². The molecule has 0 bridgehead atoms. The van der Waals surface area contributed by atoms with E-state index in [0.717, 1.165) is 52.5 Å². The van der Waals surface area contributed by atoms with E-state index in [9.17, 15) is 39.5 Å². The summed E-state index contributed by atoms with van der Waals surface area (Å²) < 4.78 is 113. The number of pyridine rings is 1. The molecule has 2 saturated heterocycles. The van der Waals surface area contributed by atoms with E-state index in [1.165, 1.54) is 11.1 Å². The number of hydrogen-bond acceptors (Lipinski definition) is 9. The molecule has 21 heteroatoms. The molecule has 3 N–H and O–H groups in total. The lowest BCUT2D eigenvalue weighted by molar-refractivity contribution is -0.193. The van der Waals surface area contributed by atoms with Gasteiger partial charge in [-0.3, -0.25) is 14.8 Å². The lowest BCUT2D eigenvalue weighted by atomic mass is 10.0. The molecule has 12 nitrogen and oxygen atoms in total. The minimum Gasteiger partial charge on any atom is -0.475 e. The van der Waals surface area contributed by atoms with E-state index in [1.54, 1.807) is 6.26 Å². The van der Waals surface area contributed by atoms with Crippen molar-refractivity contribution in [2.75, 3.05) is 46.0 Å². The fraction of sp³-hybridized carbons (Fsp3) is 0.520. The Morgan fingerprint density at radius 1 is 0.739 bits per heavy atom. The van der Waals surface area contributed by atoms with Crippen LogP contribution in [0.15, 0.2) is 47.5 Å². The van der Waals surface area contributed by atoms with Crippen molar-refractivity contribution in [2.24, 2.45) is 0 Å². The number of alkyl halides is 9. The van der Waals surface area contributed by atoms with E-state index >= 15 is 0 Å². The largest absolute Gasteiger partial charge is 0.490 e. The highest BCUT2D eigenvalue weighted by Crippen LogP contribution is 2.25. The van der Waals surface area contributed by atoms with Crippen molar-refractivity contribution in [1.29, 1.82) is 0 Å². The van der Waals surface area contributed by atoms with Gasteiger partial charge >= 0.3 is 36.4 Å². The van der Waals surface area contributed by atoms with Gasteiger partial charge in [0.05, 0.1) is 32.3 Å². The van der Waals surface area contributed by atoms with Crippen LogP contribution in [0.2, 0.25) is 0 Å². The van der Waals surface area contributed by atoms with Crippen LogP contribution in [-0.2, 0) is 36.9 Å². The molecule has 1 spiro atoms. The summed E-state index contributed by atoms with van der Waals surface area (Å²) in [5.74, 6) is -8.27. The van der Waals surface area contributed by atoms with Gasteiger partial charge in [-0.2, -0.15) is 39.5 Å². The lowest BCUT2D eigenvalue weighted by Crippen LogP contribution is -2.58. The minimum absolute atomic E-state index is 0.258. The van der Waals surface area contributed by atoms with E-state index < -0.39 is 36.4 Å². The Labute approximate surface area is 253 Å². The van der Waals surface area contributed by atoms with Gasteiger partial charge in [0, 0.05) is 57.2 Å². The van der Waals surface area contributed by atoms with Gasteiger partial charge < -0.3 is 29.2 Å². The molecule has 4 heterocycles. The van der Waals surface area contributed by atoms with Crippen molar-refractivity contribution < 1.29 is 83.1 Å². The molecule has 1 atom stereocenters. The number of aromatic nitrogens is 1. The summed E-state index contributed by atoms with van der Waals surface area (Å²) >= 11 is 0. The molecule has 260 valence electrons. The molecule has 0 aliphatic carbocycles. The number of rotatable bonds is 4. The molecule has 4 rings (SSSR count). The molecule has 0 amide bonds. The first kappa shape index (κ1) is 40.1. The molecule has 2 aliphatic rings. The monoisotopic (exact) mass is 685 g/mol. The number of carboxylic acid groups (broad SMARTS) is 3. The SMILES string of the molecule is O=C(O)C(F)(F)F.O=C(O)C(F)(F)F.O=C(O)C(F)(F)F.c1cc(CN2CCOCC3(C2)CN(Cc2ccoc2)CCO3)ccn1. The van der Waals surface area contributed by atoms with E-state index in [2.05, 4.69) is 26.9 Å². The van der Waals surface area contributed by atoms with Gasteiger partial charge in [-0.1, -0.05) is 0 Å². The molecule has 0 saturated carbocycles. The normalized spacial score (nSPS) is 19.2. The third-order valence-electron chi connectivity index (χ3n) is 5.63. The number of hydrogen-bond donors (Lipinski definition) is 3. The number of morpholine rings is 1. The quantitative estimate of drug-likeness (QED) is 0.401. The highest BCUT2D eigenvalue weighted by atomic mass is 19.4. The molecule has 2 aromatic rings. The summed E-state index contributed by atoms with van der Waals surface area (Å²) in [6.45, 7) is 7.57. The van der Waals surface area contributed by atoms with Gasteiger partial charge in [0.25, 0.3) is 0 Å². The maximum absolute atomic E-state index is 10.6. The number of ether oxygens (including phenoxy) is 2. The first-order chi connectivity index (χ1) is 21.1. The van der Waals surface area contributed by atoms with E-state index in [0.29, 0.717) is 6.61 Å². The number of carbonyl (C=O) groups is 3. The van der Waals surface area contributed by atoms with E-state index in [4.69, 9.17) is 43.6 Å². The Morgan fingerprint density at radius 2 is 1.17 bits per heavy atom. The smallest absolute Gasteiger partial charge is 0.475 e. The number of carboxylic acids is 3. The summed E-state index contributed by atoms with van der Waals surface area (Å²) in [7, 11) is 0. The lowest BCUT2D eigenvalue weighted by Gasteiger charge is -2.43. The first-order valence-corrected chi connectivity index (χ1v) is 12.6. The van der Waals surface area contributed by atoms with Crippen molar-refractivity contribution in [2.45, 2.75) is 37.2 Å². The van der Waals surface area contributed by atoms with Gasteiger partial charge in [0.1, 0.15) is 5.60 Å². The summed E-state index contributed by atoms with van der Waals surface area (Å²) in [5.41, 5.74) is 2.23. The van der Waals surface area contributed by atoms with Gasteiger partial charge in [-0.25, -0.2) is 14.4 Å². The third-order valence-corrected chi connectivity index (χ3v) is 5.63. The Kier molecular flexibility index (Phi) is 15.4. The number of aliphatic carboxylic acids is 3. The second-order valence-electron chi connectivity index (χ2n) is 9.40. The molecule has 0 aromatic carbocycles. The number of furan rings is 1. The van der Waals surface area contributed by atoms with Crippen LogP contribution in [0.5, 0.6) is 0 Å². The number of halogens is 9. The van der Waals surface area contributed by atoms with Crippen LogP contribution in [0.25, 0.3) is 0 Å². The highest BCUT2D eigenvalue weighted by Gasteiger charge is 2.41. The Morgan fingerprint density at radius 3 is 1.59 bits per heavy atom. The molecule has 2 fully saturated rings. The van der Waals surface area contributed by atoms with Crippen LogP contribution in [0, 0.1) is 0 Å². The molecule has 0 radical (unpaired) electrons. The summed E-state index contributed by atoms with van der Waals surface area (Å²) in [4.78, 5) is 35.7. The average molecular weight is 685 g/mol. The van der Waals surface area contributed by atoms with E-state index in [1.807, 2.05) is 24.7 Å². The third kappa shape index (κ3) is 15.9. The fourth-order valence-corrected chi connectivity index (χ4v) is 3.75. The maximum Gasteiger partial charge on any atom is 0.490 e. The average Bonchev–Trinajstić information content (AvgIpc) is 3.37. The summed E-state index contributed by atoms with van der Waals surface area (Å²) in [5, 5.41) is 21.4. The Balaban J connectivity index is 0.000000413. The van der Waals surface area contributed by atoms with Crippen molar-refractivity contribution >= 4 is 17.9 Å². The zero-order valence-corrected chi connectivity index (χ0v) is 23.4. The summed E-state index contributed by atoms with van der Waals surface area (Å²) in [6.07, 6.45) is -8.00. The molecule has 46 heavy (non-hydrogen) atoms. The molecule has 1 unspecified atom stereocenters. The van der Waals surface area contributed by atoms with Gasteiger partial charge in [0.15, 0.2) is 0 Å². The van der Waals surface area contributed by atoms with E-state index in [-0.39, 0.29) is 5.60 Å².